The highest BCUT2D eigenvalue weighted by molar-refractivity contribution is 7.86. The molecule has 3 fully saturated rings. The predicted molar refractivity (Wildman–Crippen MR) is 131 cm³/mol. The van der Waals surface area contributed by atoms with Crippen LogP contribution in [0.2, 0.25) is 0 Å². The maximum Gasteiger partial charge on any atom is 0.416 e. The first kappa shape index (κ1) is 29.2. The van der Waals surface area contributed by atoms with Gasteiger partial charge in [0.2, 0.25) is 11.8 Å². The van der Waals surface area contributed by atoms with Crippen LogP contribution in [0, 0.1) is 29.0 Å². The van der Waals surface area contributed by atoms with Crippen LogP contribution in [0.5, 0.6) is 0 Å². The highest BCUT2D eigenvalue weighted by atomic mass is 32.2. The van der Waals surface area contributed by atoms with Crippen LogP contribution in [0.4, 0.5) is 17.6 Å². The van der Waals surface area contributed by atoms with E-state index in [0.29, 0.717) is 38.3 Å². The van der Waals surface area contributed by atoms with E-state index in [1.54, 1.807) is 6.92 Å². The largest absolute Gasteiger partial charge is 0.416 e. The van der Waals surface area contributed by atoms with Crippen molar-refractivity contribution in [2.45, 2.75) is 57.3 Å². The Morgan fingerprint density at radius 2 is 1.82 bits per heavy atom. The minimum Gasteiger partial charge on any atom is -0.347 e. The molecular weight excluding hydrogens is 542 g/mol. The van der Waals surface area contributed by atoms with Crippen LogP contribution in [0.1, 0.15) is 56.2 Å². The summed E-state index contributed by atoms with van der Waals surface area (Å²) in [7, 11) is -3.79. The smallest absolute Gasteiger partial charge is 0.347 e. The molecule has 1 unspecified atom stereocenters. The number of rotatable bonds is 7. The Hall–Kier alpha value is -2.76. The van der Waals surface area contributed by atoms with Gasteiger partial charge in [-0.05, 0) is 44.2 Å². The highest BCUT2D eigenvalue weighted by Gasteiger charge is 2.44. The van der Waals surface area contributed by atoms with Crippen molar-refractivity contribution in [2.24, 2.45) is 11.8 Å². The van der Waals surface area contributed by atoms with E-state index in [2.05, 4.69) is 5.32 Å². The number of nitrogens with one attached hydrogen (secondary N) is 1. The van der Waals surface area contributed by atoms with E-state index in [1.165, 1.54) is 13.5 Å². The molecule has 0 bridgehead atoms. The number of nitriles is 1. The highest BCUT2D eigenvalue weighted by Crippen LogP contribution is 2.33. The fourth-order valence-corrected chi connectivity index (χ4v) is 7.21. The molecule has 3 saturated heterocycles. The van der Waals surface area contributed by atoms with Crippen LogP contribution in [-0.2, 0) is 26.0 Å². The number of likely N-dealkylation sites (tertiary alicyclic amines) is 1. The summed E-state index contributed by atoms with van der Waals surface area (Å²) in [6.45, 7) is 2.46. The summed E-state index contributed by atoms with van der Waals surface area (Å²) in [5.41, 5.74) is -1.20. The standard InChI is InChI=1S/C25H31F4N5O4S/c1-2-21(19-8-7-18(11-20(19)26)25(27,28)29)31-23(35)22-6-4-10-34(22)24(36)17-5-3-9-32(15-17)39(37,38)33-13-16(12-30)14-33/h7-8,11,16-17,21-22H,2-6,9-10,13-15H2,1H3,(H,31,35)/t17?,21-,22-/m1/s1. The number of alkyl halides is 3. The van der Waals surface area contributed by atoms with Gasteiger partial charge in [0.15, 0.2) is 0 Å². The molecule has 1 N–H and O–H groups in total. The molecule has 4 rings (SSSR count). The molecule has 0 spiro atoms. The molecule has 0 aliphatic carbocycles. The molecule has 0 radical (unpaired) electrons. The zero-order valence-corrected chi connectivity index (χ0v) is 22.3. The van der Waals surface area contributed by atoms with E-state index in [0.717, 1.165) is 12.1 Å². The van der Waals surface area contributed by atoms with E-state index < -0.39 is 51.7 Å². The molecule has 3 aliphatic rings. The number of piperidine rings is 1. The first-order valence-electron chi connectivity index (χ1n) is 13.0. The van der Waals surface area contributed by atoms with Gasteiger partial charge < -0.3 is 10.2 Å². The van der Waals surface area contributed by atoms with Crippen molar-refractivity contribution in [3.63, 3.8) is 0 Å². The quantitative estimate of drug-likeness (QED) is 0.504. The number of hydrogen-bond acceptors (Lipinski definition) is 5. The number of carbonyl (C=O) groups is 2. The fraction of sp³-hybridized carbons (Fsp3) is 0.640. The first-order valence-corrected chi connectivity index (χ1v) is 14.4. The molecule has 1 aromatic carbocycles. The van der Waals surface area contributed by atoms with Gasteiger partial charge in [0.05, 0.1) is 29.5 Å². The Bertz CT molecular complexity index is 1250. The molecule has 3 heterocycles. The van der Waals surface area contributed by atoms with E-state index in [-0.39, 0.29) is 50.0 Å². The maximum absolute atomic E-state index is 14.6. The lowest BCUT2D eigenvalue weighted by Gasteiger charge is -2.41. The van der Waals surface area contributed by atoms with Crippen LogP contribution in [0.3, 0.4) is 0 Å². The Morgan fingerprint density at radius 3 is 2.44 bits per heavy atom. The number of hydrogen-bond donors (Lipinski definition) is 1. The van der Waals surface area contributed by atoms with E-state index in [1.807, 2.05) is 6.07 Å². The summed E-state index contributed by atoms with van der Waals surface area (Å²) >= 11 is 0. The maximum atomic E-state index is 14.6. The molecule has 0 aromatic heterocycles. The average Bonchev–Trinajstić information content (AvgIpc) is 3.36. The molecular formula is C25H31F4N5O4S. The zero-order chi connectivity index (χ0) is 28.5. The third-order valence-electron chi connectivity index (χ3n) is 7.68. The average molecular weight is 574 g/mol. The minimum absolute atomic E-state index is 0.0198. The Labute approximate surface area is 224 Å². The van der Waals surface area contributed by atoms with Crippen molar-refractivity contribution in [3.8, 4) is 6.07 Å². The fourth-order valence-electron chi connectivity index (χ4n) is 5.42. The Morgan fingerprint density at radius 1 is 1.13 bits per heavy atom. The van der Waals surface area contributed by atoms with Gasteiger partial charge in [0, 0.05) is 38.3 Å². The Kier molecular flexibility index (Phi) is 8.53. The van der Waals surface area contributed by atoms with Gasteiger partial charge in [0.1, 0.15) is 11.9 Å². The van der Waals surface area contributed by atoms with Gasteiger partial charge in [-0.3, -0.25) is 9.59 Å². The van der Waals surface area contributed by atoms with E-state index in [9.17, 15) is 35.6 Å². The summed E-state index contributed by atoms with van der Waals surface area (Å²) in [5.74, 6) is -2.92. The normalized spacial score (nSPS) is 24.2. The van der Waals surface area contributed by atoms with Crippen LogP contribution in [0.15, 0.2) is 18.2 Å². The monoisotopic (exact) mass is 573 g/mol. The number of benzene rings is 1. The predicted octanol–water partition coefficient (Wildman–Crippen LogP) is 2.81. The molecule has 0 saturated carbocycles. The molecule has 39 heavy (non-hydrogen) atoms. The van der Waals surface area contributed by atoms with Crippen molar-refractivity contribution in [1.82, 2.24) is 18.8 Å². The molecule has 14 heteroatoms. The number of nitrogens with zero attached hydrogens (tertiary/aromatic N) is 4. The van der Waals surface area contributed by atoms with Gasteiger partial charge in [-0.15, -0.1) is 0 Å². The number of carbonyl (C=O) groups excluding carboxylic acids is 2. The number of halogens is 4. The second-order valence-corrected chi connectivity index (χ2v) is 12.2. The van der Waals surface area contributed by atoms with Gasteiger partial charge in [0.25, 0.3) is 10.2 Å². The molecule has 1 aromatic rings. The summed E-state index contributed by atoms with van der Waals surface area (Å²) in [5, 5.41) is 11.6. The lowest BCUT2D eigenvalue weighted by atomic mass is 9.97. The SMILES string of the molecule is CC[C@@H](NC(=O)[C@H]1CCCN1C(=O)C1CCCN(S(=O)(=O)N2CC(C#N)C2)C1)c1ccc(C(F)(F)F)cc1F. The zero-order valence-electron chi connectivity index (χ0n) is 21.5. The van der Waals surface area contributed by atoms with Crippen molar-refractivity contribution in [3.05, 3.63) is 35.1 Å². The second kappa shape index (κ2) is 11.4. The van der Waals surface area contributed by atoms with Gasteiger partial charge in [-0.25, -0.2) is 4.39 Å². The summed E-state index contributed by atoms with van der Waals surface area (Å²) < 4.78 is 81.7. The van der Waals surface area contributed by atoms with Crippen LogP contribution in [-0.4, -0.2) is 72.5 Å². The minimum atomic E-state index is -4.70. The van der Waals surface area contributed by atoms with Crippen molar-refractivity contribution in [2.75, 3.05) is 32.7 Å². The van der Waals surface area contributed by atoms with E-state index >= 15 is 0 Å². The van der Waals surface area contributed by atoms with Crippen LogP contribution >= 0.6 is 0 Å². The first-order chi connectivity index (χ1) is 18.4. The van der Waals surface area contributed by atoms with Crippen molar-refractivity contribution >= 4 is 22.0 Å². The van der Waals surface area contributed by atoms with Crippen molar-refractivity contribution in [1.29, 1.82) is 5.26 Å². The molecule has 2 amide bonds. The second-order valence-electron chi connectivity index (χ2n) is 10.2. The third-order valence-corrected chi connectivity index (χ3v) is 9.62. The van der Waals surface area contributed by atoms with Crippen molar-refractivity contribution < 1.29 is 35.6 Å². The summed E-state index contributed by atoms with van der Waals surface area (Å²) in [6, 6.07) is 2.48. The lowest BCUT2D eigenvalue weighted by Crippen LogP contribution is -2.57. The number of amides is 2. The topological polar surface area (TPSA) is 114 Å². The van der Waals surface area contributed by atoms with Crippen LogP contribution < -0.4 is 5.32 Å². The lowest BCUT2D eigenvalue weighted by molar-refractivity contribution is -0.142. The van der Waals surface area contributed by atoms with Gasteiger partial charge in [-0.1, -0.05) is 13.0 Å². The molecule has 214 valence electrons. The van der Waals surface area contributed by atoms with Gasteiger partial charge >= 0.3 is 6.18 Å². The van der Waals surface area contributed by atoms with E-state index in [4.69, 9.17) is 5.26 Å². The Balaban J connectivity index is 1.42. The van der Waals surface area contributed by atoms with Gasteiger partial charge in [-0.2, -0.15) is 35.5 Å². The molecule has 3 aliphatic heterocycles. The summed E-state index contributed by atoms with van der Waals surface area (Å²) in [6.07, 6.45) is -2.63. The van der Waals surface area contributed by atoms with Crippen LogP contribution in [0.25, 0.3) is 0 Å². The summed E-state index contributed by atoms with van der Waals surface area (Å²) in [4.78, 5) is 28.1. The molecule has 9 nitrogen and oxygen atoms in total. The molecule has 3 atom stereocenters. The third kappa shape index (κ3) is 6.05.